The van der Waals surface area contributed by atoms with Crippen LogP contribution in [0, 0.1) is 5.41 Å². The molecule has 4 rings (SSSR count). The molecule has 92 valence electrons. The van der Waals surface area contributed by atoms with E-state index in [2.05, 4.69) is 36.4 Å². The summed E-state index contributed by atoms with van der Waals surface area (Å²) >= 11 is 0. The molecule has 4 heteroatoms. The van der Waals surface area contributed by atoms with E-state index >= 15 is 0 Å². The number of benzene rings is 2. The Hall–Kier alpha value is -1.74. The Labute approximate surface area is 111 Å². The molecule has 1 N–H and O–H groups in total. The molecule has 0 spiro atoms. The molecule has 3 nitrogen and oxygen atoms in total. The minimum Gasteiger partial charge on any atom is -0.454 e. The molecule has 2 atom stereocenters. The van der Waals surface area contributed by atoms with Gasteiger partial charge in [-0.15, -0.1) is 12.4 Å². The third-order valence-corrected chi connectivity index (χ3v) is 3.86. The van der Waals surface area contributed by atoms with Gasteiger partial charge in [0.2, 0.25) is 0 Å². The highest BCUT2D eigenvalue weighted by Gasteiger charge is 2.45. The summed E-state index contributed by atoms with van der Waals surface area (Å²) < 4.78 is 5.68. The van der Waals surface area contributed by atoms with Gasteiger partial charge in [-0.3, -0.25) is 5.41 Å². The second-order valence-corrected chi connectivity index (χ2v) is 4.69. The van der Waals surface area contributed by atoms with E-state index in [9.17, 15) is 0 Å². The molecule has 0 radical (unpaired) electrons. The van der Waals surface area contributed by atoms with E-state index in [0.29, 0.717) is 0 Å². The van der Waals surface area contributed by atoms with Crippen molar-refractivity contribution in [3.8, 4) is 0 Å². The number of nitrogens with one attached hydrogen (secondary N) is 1. The number of ether oxygens (including phenoxy) is 1. The summed E-state index contributed by atoms with van der Waals surface area (Å²) in [5, 5.41) is 10.4. The molecule has 1 aliphatic heterocycles. The van der Waals surface area contributed by atoms with Crippen molar-refractivity contribution >= 4 is 29.2 Å². The molecule has 18 heavy (non-hydrogen) atoms. The largest absolute Gasteiger partial charge is 0.454 e. The molecule has 1 saturated heterocycles. The first-order chi connectivity index (χ1) is 8.27. The molecule has 0 saturated carbocycles. The van der Waals surface area contributed by atoms with Crippen molar-refractivity contribution in [3.05, 3.63) is 47.5 Å². The Morgan fingerprint density at radius 2 is 1.78 bits per heavy atom. The average Bonchev–Trinajstić information content (AvgIpc) is 2.80. The van der Waals surface area contributed by atoms with Crippen LogP contribution in [-0.4, -0.2) is 18.0 Å². The molecule has 2 aromatic rings. The highest BCUT2D eigenvalue weighted by molar-refractivity contribution is 5.93. The number of hydrogen-bond acceptors (Lipinski definition) is 2. The maximum Gasteiger partial charge on any atom is 0.285 e. The first kappa shape index (κ1) is 11.4. The summed E-state index contributed by atoms with van der Waals surface area (Å²) in [5.41, 5.74) is 2.50. The zero-order valence-electron chi connectivity index (χ0n) is 9.88. The highest BCUT2D eigenvalue weighted by Crippen LogP contribution is 2.51. The number of rotatable bonds is 0. The van der Waals surface area contributed by atoms with E-state index in [-0.39, 0.29) is 30.6 Å². The minimum absolute atomic E-state index is 0. The second kappa shape index (κ2) is 3.62. The Morgan fingerprint density at radius 3 is 2.50 bits per heavy atom. The third-order valence-electron chi connectivity index (χ3n) is 3.86. The molecule has 1 heterocycles. The van der Waals surface area contributed by atoms with E-state index in [1.165, 1.54) is 21.9 Å². The van der Waals surface area contributed by atoms with Gasteiger partial charge in [-0.25, -0.2) is 0 Å². The number of fused-ring (bicyclic) bond motifs is 3. The number of halogens is 1. The van der Waals surface area contributed by atoms with E-state index in [0.717, 1.165) is 0 Å². The van der Waals surface area contributed by atoms with Gasteiger partial charge in [0, 0.05) is 12.6 Å². The van der Waals surface area contributed by atoms with Crippen LogP contribution in [0.5, 0.6) is 0 Å². The Balaban J connectivity index is 0.000001000. The van der Waals surface area contributed by atoms with Gasteiger partial charge in [0.15, 0.2) is 6.10 Å². The zero-order valence-corrected chi connectivity index (χ0v) is 10.7. The van der Waals surface area contributed by atoms with Crippen LogP contribution in [0.25, 0.3) is 10.8 Å². The second-order valence-electron chi connectivity index (χ2n) is 4.69. The van der Waals surface area contributed by atoms with Crippen molar-refractivity contribution in [2.45, 2.75) is 12.1 Å². The molecular weight excluding hydrogens is 248 g/mol. The van der Waals surface area contributed by atoms with Crippen molar-refractivity contribution in [2.75, 3.05) is 7.05 Å². The molecule has 0 amide bonds. The Morgan fingerprint density at radius 1 is 1.11 bits per heavy atom. The molecule has 0 aromatic heterocycles. The highest BCUT2D eigenvalue weighted by atomic mass is 35.5. The fourth-order valence-corrected chi connectivity index (χ4v) is 3.09. The molecule has 2 aliphatic rings. The van der Waals surface area contributed by atoms with Crippen molar-refractivity contribution in [2.24, 2.45) is 0 Å². The van der Waals surface area contributed by atoms with Crippen LogP contribution >= 0.6 is 12.4 Å². The van der Waals surface area contributed by atoms with Gasteiger partial charge in [-0.2, -0.15) is 0 Å². The van der Waals surface area contributed by atoms with Crippen molar-refractivity contribution < 1.29 is 4.74 Å². The van der Waals surface area contributed by atoms with Gasteiger partial charge >= 0.3 is 0 Å². The standard InChI is InChI=1S/C14H12N2O.ClH/c1-16-12-9-6-2-4-8-5-3-7-10(11(8)9)13(12)17-14(16)15;/h2-7,12-13,15H,1H3;1H. The molecular formula is C14H13ClN2O. The number of nitrogens with zero attached hydrogens (tertiary/aromatic N) is 1. The van der Waals surface area contributed by atoms with Crippen molar-refractivity contribution in [1.29, 1.82) is 5.41 Å². The van der Waals surface area contributed by atoms with Crippen LogP contribution in [0.1, 0.15) is 23.3 Å². The van der Waals surface area contributed by atoms with Gasteiger partial charge in [0.05, 0.1) is 0 Å². The topological polar surface area (TPSA) is 36.3 Å². The van der Waals surface area contributed by atoms with Crippen LogP contribution in [0.3, 0.4) is 0 Å². The van der Waals surface area contributed by atoms with Crippen molar-refractivity contribution in [1.82, 2.24) is 4.90 Å². The zero-order chi connectivity index (χ0) is 11.6. The molecule has 1 aliphatic carbocycles. The van der Waals surface area contributed by atoms with Gasteiger partial charge in [0.1, 0.15) is 6.04 Å². The predicted octanol–water partition coefficient (Wildman–Crippen LogP) is 3.25. The van der Waals surface area contributed by atoms with Gasteiger partial charge < -0.3 is 9.64 Å². The number of likely N-dealkylation sites (N-methyl/N-ethyl adjacent to an activating group) is 1. The van der Waals surface area contributed by atoms with Crippen LogP contribution in [-0.2, 0) is 4.74 Å². The molecule has 2 unspecified atom stereocenters. The monoisotopic (exact) mass is 260 g/mol. The summed E-state index contributed by atoms with van der Waals surface area (Å²) in [6, 6.07) is 13.1. The average molecular weight is 261 g/mol. The van der Waals surface area contributed by atoms with Gasteiger partial charge in [-0.05, 0) is 16.3 Å². The van der Waals surface area contributed by atoms with Gasteiger partial charge in [0.25, 0.3) is 6.02 Å². The SMILES string of the molecule is CN1C(=N)OC2c3cccc4cccc(c34)C21.Cl. The Kier molecular flexibility index (Phi) is 2.29. The first-order valence-electron chi connectivity index (χ1n) is 5.77. The normalized spacial score (nSPS) is 23.8. The summed E-state index contributed by atoms with van der Waals surface area (Å²) in [6.07, 6.45) is -0.00593. The van der Waals surface area contributed by atoms with E-state index in [1.807, 2.05) is 11.9 Å². The lowest BCUT2D eigenvalue weighted by Gasteiger charge is -2.17. The van der Waals surface area contributed by atoms with Gasteiger partial charge in [-0.1, -0.05) is 36.4 Å². The third kappa shape index (κ3) is 1.17. The lowest BCUT2D eigenvalue weighted by atomic mass is 10.0. The molecule has 0 bridgehead atoms. The van der Waals surface area contributed by atoms with Crippen LogP contribution < -0.4 is 0 Å². The maximum atomic E-state index is 7.79. The minimum atomic E-state index is -0.00593. The fourth-order valence-electron chi connectivity index (χ4n) is 3.09. The lowest BCUT2D eigenvalue weighted by Crippen LogP contribution is -2.22. The summed E-state index contributed by atoms with van der Waals surface area (Å²) in [4.78, 5) is 1.92. The van der Waals surface area contributed by atoms with Crippen LogP contribution in [0.4, 0.5) is 0 Å². The lowest BCUT2D eigenvalue weighted by molar-refractivity contribution is 0.204. The summed E-state index contributed by atoms with van der Waals surface area (Å²) in [5.74, 6) is 0. The molecule has 2 aromatic carbocycles. The summed E-state index contributed by atoms with van der Waals surface area (Å²) in [7, 11) is 1.93. The van der Waals surface area contributed by atoms with E-state index in [4.69, 9.17) is 10.1 Å². The number of amidine groups is 1. The molecule has 1 fully saturated rings. The Bertz CT molecular complexity index is 650. The van der Waals surface area contributed by atoms with Crippen LogP contribution in [0.2, 0.25) is 0 Å². The quantitative estimate of drug-likeness (QED) is 0.789. The van der Waals surface area contributed by atoms with Crippen molar-refractivity contribution in [3.63, 3.8) is 0 Å². The smallest absolute Gasteiger partial charge is 0.285 e. The van der Waals surface area contributed by atoms with E-state index in [1.54, 1.807) is 0 Å². The predicted molar refractivity (Wildman–Crippen MR) is 73.3 cm³/mol. The summed E-state index contributed by atoms with van der Waals surface area (Å²) in [6.45, 7) is 0. The fraction of sp³-hybridized carbons (Fsp3) is 0.214. The maximum absolute atomic E-state index is 7.79. The number of hydrogen-bond donors (Lipinski definition) is 1. The van der Waals surface area contributed by atoms with Crippen LogP contribution in [0.15, 0.2) is 36.4 Å². The van der Waals surface area contributed by atoms with E-state index < -0.39 is 0 Å². The first-order valence-corrected chi connectivity index (χ1v) is 5.77.